The molecule has 1 N–H and O–H groups in total. The number of carboxylic acids is 1. The van der Waals surface area contributed by atoms with Gasteiger partial charge in [0.2, 0.25) is 5.91 Å². The molecule has 1 amide bonds. The summed E-state index contributed by atoms with van der Waals surface area (Å²) >= 11 is 0. The van der Waals surface area contributed by atoms with Gasteiger partial charge in [0.1, 0.15) is 0 Å². The first-order valence-electron chi connectivity index (χ1n) is 7.43. The molecule has 2 aliphatic carbocycles. The van der Waals surface area contributed by atoms with E-state index in [0.29, 0.717) is 19.7 Å². The number of ether oxygens (including phenoxy) is 1. The normalized spacial score (nSPS) is 39.2. The van der Waals surface area contributed by atoms with E-state index in [9.17, 15) is 14.7 Å². The fourth-order valence-corrected chi connectivity index (χ4v) is 3.87. The molecular weight excluding hydrogens is 258 g/mol. The first kappa shape index (κ1) is 13.6. The van der Waals surface area contributed by atoms with Crippen LogP contribution in [0.1, 0.15) is 19.8 Å². The highest BCUT2D eigenvalue weighted by atomic mass is 16.5. The van der Waals surface area contributed by atoms with E-state index in [1.54, 1.807) is 0 Å². The van der Waals surface area contributed by atoms with Gasteiger partial charge < -0.3 is 14.7 Å². The van der Waals surface area contributed by atoms with Crippen LogP contribution in [0, 0.1) is 23.7 Å². The van der Waals surface area contributed by atoms with Crippen LogP contribution in [0.2, 0.25) is 0 Å². The third-order valence-electron chi connectivity index (χ3n) is 4.94. The first-order valence-corrected chi connectivity index (χ1v) is 7.43. The highest BCUT2D eigenvalue weighted by molar-refractivity contribution is 5.87. The van der Waals surface area contributed by atoms with Crippen LogP contribution in [0.4, 0.5) is 0 Å². The van der Waals surface area contributed by atoms with E-state index in [4.69, 9.17) is 4.74 Å². The number of carboxylic acid groups (broad SMARTS) is 1. The molecule has 1 heterocycles. The second-order valence-electron chi connectivity index (χ2n) is 6.02. The first-order chi connectivity index (χ1) is 9.61. The molecule has 0 aromatic heterocycles. The van der Waals surface area contributed by atoms with Crippen LogP contribution in [0.15, 0.2) is 12.2 Å². The van der Waals surface area contributed by atoms with Crippen molar-refractivity contribution in [2.45, 2.75) is 25.9 Å². The molecule has 20 heavy (non-hydrogen) atoms. The lowest BCUT2D eigenvalue weighted by Gasteiger charge is -2.36. The minimum Gasteiger partial charge on any atom is -0.481 e. The van der Waals surface area contributed by atoms with Gasteiger partial charge in [-0.25, -0.2) is 0 Å². The van der Waals surface area contributed by atoms with Crippen molar-refractivity contribution in [2.75, 3.05) is 19.7 Å². The molecule has 5 unspecified atom stereocenters. The van der Waals surface area contributed by atoms with Gasteiger partial charge in [0.15, 0.2) is 0 Å². The van der Waals surface area contributed by atoms with Gasteiger partial charge in [-0.1, -0.05) is 19.1 Å². The van der Waals surface area contributed by atoms with Gasteiger partial charge >= 0.3 is 5.97 Å². The van der Waals surface area contributed by atoms with Gasteiger partial charge in [0.25, 0.3) is 0 Å². The third kappa shape index (κ3) is 2.14. The molecule has 5 nitrogen and oxygen atoms in total. The Morgan fingerprint density at radius 3 is 2.65 bits per heavy atom. The largest absolute Gasteiger partial charge is 0.481 e. The maximum Gasteiger partial charge on any atom is 0.307 e. The lowest BCUT2D eigenvalue weighted by atomic mass is 9.82. The number of morpholine rings is 1. The molecule has 0 aromatic rings. The second kappa shape index (κ2) is 5.20. The molecule has 0 spiro atoms. The molecule has 0 aromatic carbocycles. The van der Waals surface area contributed by atoms with Crippen LogP contribution in [-0.2, 0) is 14.3 Å². The van der Waals surface area contributed by atoms with E-state index in [1.165, 1.54) is 0 Å². The monoisotopic (exact) mass is 279 g/mol. The third-order valence-corrected chi connectivity index (χ3v) is 4.94. The zero-order chi connectivity index (χ0) is 14.3. The molecular formula is C15H21NO4. The standard InChI is InChI=1S/C15H21NO4/c1-2-11-8-16(5-6-20-11)14(17)12-9-3-4-10(7-9)13(12)15(18)19/h3-4,9-13H,2,5-8H2,1H3,(H,18,19). The average Bonchev–Trinajstić information content (AvgIpc) is 3.07. The van der Waals surface area contributed by atoms with Crippen molar-refractivity contribution in [2.24, 2.45) is 23.7 Å². The zero-order valence-corrected chi connectivity index (χ0v) is 11.7. The number of rotatable bonds is 3. The molecule has 3 aliphatic rings. The second-order valence-corrected chi connectivity index (χ2v) is 6.02. The molecule has 5 heteroatoms. The van der Waals surface area contributed by atoms with Gasteiger partial charge in [0, 0.05) is 13.1 Å². The van der Waals surface area contributed by atoms with E-state index in [2.05, 4.69) is 0 Å². The summed E-state index contributed by atoms with van der Waals surface area (Å²) in [5, 5.41) is 9.42. The van der Waals surface area contributed by atoms with Crippen molar-refractivity contribution >= 4 is 11.9 Å². The molecule has 1 saturated carbocycles. The van der Waals surface area contributed by atoms with E-state index < -0.39 is 11.9 Å². The summed E-state index contributed by atoms with van der Waals surface area (Å²) in [5.74, 6) is -1.60. The van der Waals surface area contributed by atoms with Gasteiger partial charge in [0.05, 0.1) is 24.5 Å². The molecule has 5 atom stereocenters. The molecule has 2 bridgehead atoms. The molecule has 110 valence electrons. The van der Waals surface area contributed by atoms with Crippen molar-refractivity contribution in [1.82, 2.24) is 4.90 Å². The summed E-state index contributed by atoms with van der Waals surface area (Å²) in [6.45, 7) is 3.77. The number of hydrogen-bond acceptors (Lipinski definition) is 3. The smallest absolute Gasteiger partial charge is 0.307 e. The lowest BCUT2D eigenvalue weighted by Crippen LogP contribution is -2.50. The number of fused-ring (bicyclic) bond motifs is 2. The molecule has 0 radical (unpaired) electrons. The SMILES string of the molecule is CCC1CN(C(=O)C2C3C=CC(C3)C2C(=O)O)CCO1. The van der Waals surface area contributed by atoms with Crippen molar-refractivity contribution in [3.8, 4) is 0 Å². The van der Waals surface area contributed by atoms with Gasteiger partial charge in [-0.3, -0.25) is 9.59 Å². The minimum absolute atomic E-state index is 0.0102. The topological polar surface area (TPSA) is 66.8 Å². The van der Waals surface area contributed by atoms with Crippen molar-refractivity contribution in [3.05, 3.63) is 12.2 Å². The highest BCUT2D eigenvalue weighted by Gasteiger charge is 2.52. The Labute approximate surface area is 118 Å². The van der Waals surface area contributed by atoms with E-state index in [-0.39, 0.29) is 29.8 Å². The summed E-state index contributed by atoms with van der Waals surface area (Å²) in [5.41, 5.74) is 0. The van der Waals surface area contributed by atoms with Crippen molar-refractivity contribution in [1.29, 1.82) is 0 Å². The predicted octanol–water partition coefficient (Wildman–Crippen LogP) is 1.15. The van der Waals surface area contributed by atoms with Crippen LogP contribution in [0.5, 0.6) is 0 Å². The number of nitrogens with zero attached hydrogens (tertiary/aromatic N) is 1. The predicted molar refractivity (Wildman–Crippen MR) is 72.0 cm³/mol. The number of hydrogen-bond donors (Lipinski definition) is 1. The Morgan fingerprint density at radius 1 is 1.30 bits per heavy atom. The highest BCUT2D eigenvalue weighted by Crippen LogP contribution is 2.48. The van der Waals surface area contributed by atoms with Crippen molar-refractivity contribution in [3.63, 3.8) is 0 Å². The van der Waals surface area contributed by atoms with E-state index >= 15 is 0 Å². The van der Waals surface area contributed by atoms with Crippen LogP contribution < -0.4 is 0 Å². The summed E-state index contributed by atoms with van der Waals surface area (Å²) in [7, 11) is 0. The quantitative estimate of drug-likeness (QED) is 0.787. The zero-order valence-electron chi connectivity index (χ0n) is 11.7. The molecule has 3 rings (SSSR count). The average molecular weight is 279 g/mol. The Kier molecular flexibility index (Phi) is 3.54. The van der Waals surface area contributed by atoms with Crippen LogP contribution in [0.25, 0.3) is 0 Å². The van der Waals surface area contributed by atoms with E-state index in [1.807, 2.05) is 24.0 Å². The number of amides is 1. The van der Waals surface area contributed by atoms with Crippen LogP contribution in [0.3, 0.4) is 0 Å². The Bertz CT molecular complexity index is 447. The fourth-order valence-electron chi connectivity index (χ4n) is 3.87. The minimum atomic E-state index is -0.833. The van der Waals surface area contributed by atoms with Crippen LogP contribution in [-0.4, -0.2) is 47.7 Å². The maximum absolute atomic E-state index is 12.7. The number of aliphatic carboxylic acids is 1. The summed E-state index contributed by atoms with van der Waals surface area (Å²) in [6.07, 6.45) is 5.79. The van der Waals surface area contributed by atoms with Gasteiger partial charge in [-0.2, -0.15) is 0 Å². The number of carbonyl (C=O) groups is 2. The number of allylic oxidation sites excluding steroid dienone is 2. The Morgan fingerprint density at radius 2 is 2.00 bits per heavy atom. The molecule has 1 saturated heterocycles. The summed E-state index contributed by atoms with van der Waals surface area (Å²) in [6, 6.07) is 0. The van der Waals surface area contributed by atoms with Crippen LogP contribution >= 0.6 is 0 Å². The number of carbonyl (C=O) groups excluding carboxylic acids is 1. The fraction of sp³-hybridized carbons (Fsp3) is 0.733. The Hall–Kier alpha value is -1.36. The van der Waals surface area contributed by atoms with E-state index in [0.717, 1.165) is 12.8 Å². The lowest BCUT2D eigenvalue weighted by molar-refractivity contribution is -0.154. The summed E-state index contributed by atoms with van der Waals surface area (Å²) in [4.78, 5) is 26.0. The molecule has 2 fully saturated rings. The maximum atomic E-state index is 12.7. The summed E-state index contributed by atoms with van der Waals surface area (Å²) < 4.78 is 5.58. The van der Waals surface area contributed by atoms with Crippen molar-refractivity contribution < 1.29 is 19.4 Å². The Balaban J connectivity index is 1.76. The van der Waals surface area contributed by atoms with Gasteiger partial charge in [-0.05, 0) is 24.7 Å². The molecule has 1 aliphatic heterocycles. The van der Waals surface area contributed by atoms with Gasteiger partial charge in [-0.15, -0.1) is 0 Å².